The molecule has 1 unspecified atom stereocenters. The SMILES string of the molecule is CC(C)c1ccc(NCC(C)(O)C(C)C)cc1. The third kappa shape index (κ3) is 4.04. The van der Waals surface area contributed by atoms with Gasteiger partial charge in [0.05, 0.1) is 5.60 Å². The van der Waals surface area contributed by atoms with Crippen molar-refractivity contribution in [3.8, 4) is 0 Å². The van der Waals surface area contributed by atoms with Crippen LogP contribution in [0.3, 0.4) is 0 Å². The minimum atomic E-state index is -0.670. The first kappa shape index (κ1) is 14.0. The van der Waals surface area contributed by atoms with Crippen molar-refractivity contribution in [1.82, 2.24) is 0 Å². The Morgan fingerprint density at radius 1 is 1.12 bits per heavy atom. The van der Waals surface area contributed by atoms with Crippen LogP contribution < -0.4 is 5.32 Å². The number of aliphatic hydroxyl groups is 1. The molecular formula is C15H25NO. The van der Waals surface area contributed by atoms with Crippen LogP contribution in [-0.2, 0) is 0 Å². The fraction of sp³-hybridized carbons (Fsp3) is 0.600. The Morgan fingerprint density at radius 3 is 2.06 bits per heavy atom. The molecule has 0 bridgehead atoms. The van der Waals surface area contributed by atoms with Crippen LogP contribution in [0.15, 0.2) is 24.3 Å². The molecule has 1 aromatic rings. The highest BCUT2D eigenvalue weighted by atomic mass is 16.3. The summed E-state index contributed by atoms with van der Waals surface area (Å²) in [5.74, 6) is 0.799. The zero-order valence-corrected chi connectivity index (χ0v) is 11.6. The molecule has 0 spiro atoms. The average molecular weight is 235 g/mol. The van der Waals surface area contributed by atoms with Gasteiger partial charge in [-0.05, 0) is 36.5 Å². The predicted molar refractivity (Wildman–Crippen MR) is 74.5 cm³/mol. The lowest BCUT2D eigenvalue weighted by Crippen LogP contribution is -2.38. The van der Waals surface area contributed by atoms with Gasteiger partial charge in [0.2, 0.25) is 0 Å². The second-order valence-electron chi connectivity index (χ2n) is 5.64. The normalized spacial score (nSPS) is 15.1. The summed E-state index contributed by atoms with van der Waals surface area (Å²) < 4.78 is 0. The van der Waals surface area contributed by atoms with Gasteiger partial charge >= 0.3 is 0 Å². The second kappa shape index (κ2) is 5.54. The van der Waals surface area contributed by atoms with Crippen molar-refractivity contribution in [3.05, 3.63) is 29.8 Å². The Kier molecular flexibility index (Phi) is 4.58. The summed E-state index contributed by atoms with van der Waals surface area (Å²) >= 11 is 0. The van der Waals surface area contributed by atoms with Crippen LogP contribution >= 0.6 is 0 Å². The lowest BCUT2D eigenvalue weighted by molar-refractivity contribution is 0.0266. The van der Waals surface area contributed by atoms with Crippen molar-refractivity contribution in [2.75, 3.05) is 11.9 Å². The van der Waals surface area contributed by atoms with Crippen molar-refractivity contribution in [2.45, 2.75) is 46.1 Å². The summed E-state index contributed by atoms with van der Waals surface area (Å²) in [4.78, 5) is 0. The fourth-order valence-electron chi connectivity index (χ4n) is 1.47. The standard InChI is InChI=1S/C15H25NO/c1-11(2)13-6-8-14(9-7-13)16-10-15(5,17)12(3)4/h6-9,11-12,16-17H,10H2,1-5H3. The molecule has 0 heterocycles. The van der Waals surface area contributed by atoms with Crippen molar-refractivity contribution >= 4 is 5.69 Å². The molecule has 1 rings (SSSR count). The van der Waals surface area contributed by atoms with E-state index in [0.717, 1.165) is 5.69 Å². The predicted octanol–water partition coefficient (Wildman–Crippen LogP) is 3.63. The van der Waals surface area contributed by atoms with Gasteiger partial charge in [-0.3, -0.25) is 0 Å². The lowest BCUT2D eigenvalue weighted by Gasteiger charge is -2.28. The Morgan fingerprint density at radius 2 is 1.65 bits per heavy atom. The molecule has 0 aliphatic carbocycles. The second-order valence-corrected chi connectivity index (χ2v) is 5.64. The third-order valence-electron chi connectivity index (χ3n) is 3.47. The van der Waals surface area contributed by atoms with Gasteiger partial charge in [-0.1, -0.05) is 39.8 Å². The van der Waals surface area contributed by atoms with Gasteiger partial charge in [0.1, 0.15) is 0 Å². The van der Waals surface area contributed by atoms with Crippen LogP contribution in [0.4, 0.5) is 5.69 Å². The van der Waals surface area contributed by atoms with Gasteiger partial charge in [-0.15, -0.1) is 0 Å². The minimum absolute atomic E-state index is 0.241. The molecule has 0 amide bonds. The van der Waals surface area contributed by atoms with Crippen LogP contribution in [-0.4, -0.2) is 17.3 Å². The van der Waals surface area contributed by atoms with E-state index in [2.05, 4.69) is 43.4 Å². The maximum absolute atomic E-state index is 10.1. The summed E-state index contributed by atoms with van der Waals surface area (Å²) in [6.45, 7) is 10.9. The van der Waals surface area contributed by atoms with Crippen molar-refractivity contribution < 1.29 is 5.11 Å². The Bertz CT molecular complexity index is 338. The molecule has 2 N–H and O–H groups in total. The van der Waals surface area contributed by atoms with E-state index in [1.807, 2.05) is 20.8 Å². The summed E-state index contributed by atoms with van der Waals surface area (Å²) in [5, 5.41) is 13.4. The van der Waals surface area contributed by atoms with Gasteiger partial charge in [-0.25, -0.2) is 0 Å². The van der Waals surface area contributed by atoms with E-state index in [1.165, 1.54) is 5.56 Å². The van der Waals surface area contributed by atoms with E-state index in [0.29, 0.717) is 12.5 Å². The topological polar surface area (TPSA) is 32.3 Å². The van der Waals surface area contributed by atoms with E-state index < -0.39 is 5.60 Å². The van der Waals surface area contributed by atoms with Crippen LogP contribution in [0.2, 0.25) is 0 Å². The zero-order valence-electron chi connectivity index (χ0n) is 11.6. The maximum atomic E-state index is 10.1. The number of hydrogen-bond acceptors (Lipinski definition) is 2. The van der Waals surface area contributed by atoms with Gasteiger partial charge in [0.25, 0.3) is 0 Å². The molecule has 0 saturated heterocycles. The molecule has 96 valence electrons. The van der Waals surface area contributed by atoms with Crippen molar-refractivity contribution in [3.63, 3.8) is 0 Å². The summed E-state index contributed by atoms with van der Waals surface area (Å²) in [6, 6.07) is 8.42. The number of hydrogen-bond donors (Lipinski definition) is 2. The smallest absolute Gasteiger partial charge is 0.0813 e. The summed E-state index contributed by atoms with van der Waals surface area (Å²) in [7, 11) is 0. The quantitative estimate of drug-likeness (QED) is 0.817. The fourth-order valence-corrected chi connectivity index (χ4v) is 1.47. The Hall–Kier alpha value is -1.02. The van der Waals surface area contributed by atoms with Crippen molar-refractivity contribution in [2.24, 2.45) is 5.92 Å². The van der Waals surface area contributed by atoms with Gasteiger partial charge in [0, 0.05) is 12.2 Å². The molecular weight excluding hydrogens is 210 g/mol. The van der Waals surface area contributed by atoms with Gasteiger partial charge in [0.15, 0.2) is 0 Å². The molecule has 0 aliphatic rings. The first-order valence-electron chi connectivity index (χ1n) is 6.39. The Labute approximate surface area is 105 Å². The minimum Gasteiger partial charge on any atom is -0.388 e. The molecule has 0 aliphatic heterocycles. The lowest BCUT2D eigenvalue weighted by atomic mass is 9.92. The zero-order chi connectivity index (χ0) is 13.1. The van der Waals surface area contributed by atoms with E-state index >= 15 is 0 Å². The van der Waals surface area contributed by atoms with Crippen molar-refractivity contribution in [1.29, 1.82) is 0 Å². The van der Waals surface area contributed by atoms with E-state index in [4.69, 9.17) is 0 Å². The van der Waals surface area contributed by atoms with Crippen LogP contribution in [0.1, 0.15) is 46.1 Å². The molecule has 1 aromatic carbocycles. The third-order valence-corrected chi connectivity index (χ3v) is 3.47. The first-order chi connectivity index (χ1) is 7.83. The van der Waals surface area contributed by atoms with Crippen LogP contribution in [0.25, 0.3) is 0 Å². The maximum Gasteiger partial charge on any atom is 0.0813 e. The number of rotatable bonds is 5. The number of anilines is 1. The first-order valence-corrected chi connectivity index (χ1v) is 6.39. The van der Waals surface area contributed by atoms with E-state index in [1.54, 1.807) is 0 Å². The molecule has 17 heavy (non-hydrogen) atoms. The molecule has 0 aromatic heterocycles. The van der Waals surface area contributed by atoms with Crippen LogP contribution in [0, 0.1) is 5.92 Å². The summed E-state index contributed by atoms with van der Waals surface area (Å²) in [6.07, 6.45) is 0. The molecule has 0 fully saturated rings. The highest BCUT2D eigenvalue weighted by molar-refractivity contribution is 5.45. The summed E-state index contributed by atoms with van der Waals surface area (Å²) in [5.41, 5.74) is 1.73. The Balaban J connectivity index is 2.59. The molecule has 2 nitrogen and oxygen atoms in total. The highest BCUT2D eigenvalue weighted by Crippen LogP contribution is 2.20. The molecule has 0 saturated carbocycles. The van der Waals surface area contributed by atoms with Gasteiger partial charge < -0.3 is 10.4 Å². The number of benzene rings is 1. The molecule has 2 heteroatoms. The molecule has 0 radical (unpaired) electrons. The monoisotopic (exact) mass is 235 g/mol. The van der Waals surface area contributed by atoms with E-state index in [-0.39, 0.29) is 5.92 Å². The largest absolute Gasteiger partial charge is 0.388 e. The van der Waals surface area contributed by atoms with Crippen LogP contribution in [0.5, 0.6) is 0 Å². The average Bonchev–Trinajstić information content (AvgIpc) is 2.27. The number of nitrogens with one attached hydrogen (secondary N) is 1. The van der Waals surface area contributed by atoms with E-state index in [9.17, 15) is 5.11 Å². The molecule has 1 atom stereocenters. The van der Waals surface area contributed by atoms with Gasteiger partial charge in [-0.2, -0.15) is 0 Å². The highest BCUT2D eigenvalue weighted by Gasteiger charge is 2.24.